The van der Waals surface area contributed by atoms with Crippen molar-refractivity contribution in [3.05, 3.63) is 84.3 Å². The molecule has 3 heterocycles. The molecule has 134 valence electrons. The maximum absolute atomic E-state index is 4.70. The standard InChI is InChI=1S/C24H23N3/c1-2-3-13-26-22-12-8-7-11-20(22)21-15-24-25-16-19(27(24)17-23(21)26)14-18-9-5-4-6-10-18/h4-12,15-17H,2-3,13-14H2,1H3. The zero-order chi connectivity index (χ0) is 18.2. The molecule has 0 radical (unpaired) electrons. The van der Waals surface area contributed by atoms with Crippen LogP contribution in [0.25, 0.3) is 27.5 Å². The van der Waals surface area contributed by atoms with Crippen LogP contribution in [-0.4, -0.2) is 14.0 Å². The Balaban J connectivity index is 1.72. The number of aryl methyl sites for hydroxylation is 1. The van der Waals surface area contributed by atoms with E-state index in [4.69, 9.17) is 4.98 Å². The summed E-state index contributed by atoms with van der Waals surface area (Å²) in [5, 5.41) is 2.62. The monoisotopic (exact) mass is 353 g/mol. The van der Waals surface area contributed by atoms with Gasteiger partial charge >= 0.3 is 0 Å². The fourth-order valence-electron chi connectivity index (χ4n) is 4.05. The summed E-state index contributed by atoms with van der Waals surface area (Å²) in [6.07, 6.45) is 7.57. The Morgan fingerprint density at radius 3 is 2.56 bits per heavy atom. The number of fused-ring (bicyclic) bond motifs is 4. The van der Waals surface area contributed by atoms with Crippen LogP contribution in [0.1, 0.15) is 31.0 Å². The van der Waals surface area contributed by atoms with Crippen LogP contribution in [0.4, 0.5) is 0 Å². The number of benzene rings is 2. The molecule has 0 fully saturated rings. The number of hydrogen-bond acceptors (Lipinski definition) is 1. The summed E-state index contributed by atoms with van der Waals surface area (Å²) in [7, 11) is 0. The third-order valence-corrected chi connectivity index (χ3v) is 5.44. The fraction of sp³-hybridized carbons (Fsp3) is 0.208. The third kappa shape index (κ3) is 2.71. The van der Waals surface area contributed by atoms with E-state index in [0.29, 0.717) is 0 Å². The minimum absolute atomic E-state index is 0.892. The van der Waals surface area contributed by atoms with Gasteiger partial charge in [0.25, 0.3) is 0 Å². The van der Waals surface area contributed by atoms with Gasteiger partial charge in [0.05, 0.1) is 5.52 Å². The number of nitrogens with zero attached hydrogens (tertiary/aromatic N) is 3. The summed E-state index contributed by atoms with van der Waals surface area (Å²) in [5.74, 6) is 0. The highest BCUT2D eigenvalue weighted by Crippen LogP contribution is 2.30. The molecule has 0 saturated heterocycles. The highest BCUT2D eigenvalue weighted by Gasteiger charge is 2.13. The predicted octanol–water partition coefficient (Wildman–Crippen LogP) is 5.83. The Kier molecular flexibility index (Phi) is 3.93. The lowest BCUT2D eigenvalue weighted by molar-refractivity contribution is 0.664. The molecule has 0 bridgehead atoms. The largest absolute Gasteiger partial charge is 0.339 e. The number of para-hydroxylation sites is 1. The lowest BCUT2D eigenvalue weighted by atomic mass is 10.1. The van der Waals surface area contributed by atoms with Crippen molar-refractivity contribution in [1.82, 2.24) is 14.0 Å². The van der Waals surface area contributed by atoms with E-state index < -0.39 is 0 Å². The number of imidazole rings is 1. The first-order chi connectivity index (χ1) is 13.3. The van der Waals surface area contributed by atoms with Crippen molar-refractivity contribution in [3.8, 4) is 0 Å². The molecule has 0 aliphatic rings. The summed E-state index contributed by atoms with van der Waals surface area (Å²) in [6, 6.07) is 21.6. The maximum atomic E-state index is 4.70. The number of aromatic nitrogens is 3. The Morgan fingerprint density at radius 1 is 0.889 bits per heavy atom. The van der Waals surface area contributed by atoms with Crippen molar-refractivity contribution in [2.45, 2.75) is 32.7 Å². The first kappa shape index (κ1) is 16.1. The zero-order valence-electron chi connectivity index (χ0n) is 15.6. The quantitative estimate of drug-likeness (QED) is 0.389. The van der Waals surface area contributed by atoms with E-state index in [1.165, 1.54) is 45.9 Å². The minimum Gasteiger partial charge on any atom is -0.339 e. The van der Waals surface area contributed by atoms with Crippen LogP contribution >= 0.6 is 0 Å². The van der Waals surface area contributed by atoms with Crippen molar-refractivity contribution in [2.75, 3.05) is 0 Å². The Labute approximate surface area is 158 Å². The molecule has 3 heteroatoms. The minimum atomic E-state index is 0.892. The summed E-state index contributed by atoms with van der Waals surface area (Å²) in [6.45, 7) is 3.30. The van der Waals surface area contributed by atoms with Gasteiger partial charge in [-0.05, 0) is 24.1 Å². The topological polar surface area (TPSA) is 22.2 Å². The molecule has 3 nitrogen and oxygen atoms in total. The molecule has 27 heavy (non-hydrogen) atoms. The van der Waals surface area contributed by atoms with Gasteiger partial charge in [0.1, 0.15) is 5.65 Å². The molecule has 5 aromatic rings. The van der Waals surface area contributed by atoms with Gasteiger partial charge in [-0.2, -0.15) is 0 Å². The van der Waals surface area contributed by atoms with Gasteiger partial charge in [0.2, 0.25) is 0 Å². The van der Waals surface area contributed by atoms with E-state index in [1.54, 1.807) is 0 Å². The second kappa shape index (κ2) is 6.58. The van der Waals surface area contributed by atoms with Gasteiger partial charge in [0.15, 0.2) is 0 Å². The lowest BCUT2D eigenvalue weighted by Gasteiger charge is -2.08. The summed E-state index contributed by atoms with van der Waals surface area (Å²) >= 11 is 0. The van der Waals surface area contributed by atoms with Crippen LogP contribution in [0.2, 0.25) is 0 Å². The number of hydrogen-bond donors (Lipinski definition) is 0. The van der Waals surface area contributed by atoms with Gasteiger partial charge in [-0.25, -0.2) is 4.98 Å². The Hall–Kier alpha value is -3.07. The van der Waals surface area contributed by atoms with Crippen LogP contribution in [0.15, 0.2) is 73.1 Å². The molecule has 3 aromatic heterocycles. The average Bonchev–Trinajstić information content (AvgIpc) is 3.24. The van der Waals surface area contributed by atoms with Crippen LogP contribution in [0.3, 0.4) is 0 Å². The van der Waals surface area contributed by atoms with E-state index in [0.717, 1.165) is 18.6 Å². The normalized spacial score (nSPS) is 11.7. The van der Waals surface area contributed by atoms with Crippen LogP contribution in [0, 0.1) is 0 Å². The van der Waals surface area contributed by atoms with Crippen molar-refractivity contribution in [1.29, 1.82) is 0 Å². The zero-order valence-corrected chi connectivity index (χ0v) is 15.6. The van der Waals surface area contributed by atoms with Gasteiger partial charge in [-0.1, -0.05) is 61.9 Å². The molecule has 0 N–H and O–H groups in total. The second-order valence-electron chi connectivity index (χ2n) is 7.23. The van der Waals surface area contributed by atoms with Gasteiger partial charge in [0, 0.05) is 47.3 Å². The van der Waals surface area contributed by atoms with E-state index in [9.17, 15) is 0 Å². The van der Waals surface area contributed by atoms with Crippen LogP contribution in [-0.2, 0) is 13.0 Å². The van der Waals surface area contributed by atoms with Gasteiger partial charge < -0.3 is 8.97 Å². The molecule has 5 rings (SSSR count). The molecule has 0 amide bonds. The SMILES string of the molecule is CCCCn1c2ccccc2c2cc3ncc(Cc4ccccc4)n3cc21. The molecule has 0 atom stereocenters. The predicted molar refractivity (Wildman–Crippen MR) is 112 cm³/mol. The van der Waals surface area contributed by atoms with Crippen molar-refractivity contribution in [2.24, 2.45) is 0 Å². The molecule has 0 saturated carbocycles. The lowest BCUT2D eigenvalue weighted by Crippen LogP contribution is -1.99. The van der Waals surface area contributed by atoms with E-state index in [2.05, 4.69) is 82.8 Å². The van der Waals surface area contributed by atoms with Crippen molar-refractivity contribution in [3.63, 3.8) is 0 Å². The maximum Gasteiger partial charge on any atom is 0.137 e. The Morgan fingerprint density at radius 2 is 1.70 bits per heavy atom. The average molecular weight is 353 g/mol. The first-order valence-electron chi connectivity index (χ1n) is 9.76. The number of pyridine rings is 1. The Bertz CT molecular complexity index is 1230. The molecular weight excluding hydrogens is 330 g/mol. The van der Waals surface area contributed by atoms with E-state index in [1.807, 2.05) is 6.20 Å². The third-order valence-electron chi connectivity index (χ3n) is 5.44. The second-order valence-corrected chi connectivity index (χ2v) is 7.23. The van der Waals surface area contributed by atoms with E-state index >= 15 is 0 Å². The molecule has 2 aromatic carbocycles. The number of unbranched alkanes of at least 4 members (excludes halogenated alkanes) is 1. The fourth-order valence-corrected chi connectivity index (χ4v) is 4.05. The van der Waals surface area contributed by atoms with Crippen molar-refractivity contribution < 1.29 is 0 Å². The molecule has 0 aliphatic heterocycles. The smallest absolute Gasteiger partial charge is 0.137 e. The highest BCUT2D eigenvalue weighted by atomic mass is 15.0. The van der Waals surface area contributed by atoms with E-state index in [-0.39, 0.29) is 0 Å². The number of rotatable bonds is 5. The summed E-state index contributed by atoms with van der Waals surface area (Å²) < 4.78 is 4.73. The van der Waals surface area contributed by atoms with Gasteiger partial charge in [-0.3, -0.25) is 0 Å². The van der Waals surface area contributed by atoms with Crippen LogP contribution < -0.4 is 0 Å². The molecule has 0 unspecified atom stereocenters. The highest BCUT2D eigenvalue weighted by molar-refractivity contribution is 6.08. The molecular formula is C24H23N3. The van der Waals surface area contributed by atoms with Crippen molar-refractivity contribution >= 4 is 27.5 Å². The first-order valence-corrected chi connectivity index (χ1v) is 9.76. The molecule has 0 aliphatic carbocycles. The summed E-state index contributed by atoms with van der Waals surface area (Å²) in [4.78, 5) is 4.70. The van der Waals surface area contributed by atoms with Crippen LogP contribution in [0.5, 0.6) is 0 Å². The summed E-state index contributed by atoms with van der Waals surface area (Å²) in [5.41, 5.74) is 6.17. The molecule has 0 spiro atoms. The van der Waals surface area contributed by atoms with Gasteiger partial charge in [-0.15, -0.1) is 0 Å².